The maximum atomic E-state index is 12.2. The summed E-state index contributed by atoms with van der Waals surface area (Å²) in [6.07, 6.45) is 6.84. The van der Waals surface area contributed by atoms with Gasteiger partial charge in [0.2, 0.25) is 0 Å². The van der Waals surface area contributed by atoms with Crippen molar-refractivity contribution in [1.29, 1.82) is 5.26 Å². The van der Waals surface area contributed by atoms with Crippen LogP contribution in [0, 0.1) is 11.5 Å². The smallest absolute Gasteiger partial charge is 0.255 e. The van der Waals surface area contributed by atoms with E-state index in [1.165, 1.54) is 11.8 Å². The molecule has 0 unspecified atom stereocenters. The molecular formula is C15H13N5OS. The number of aliphatic imine (C=N–C) groups is 1. The second-order valence-electron chi connectivity index (χ2n) is 4.10. The number of aromatic nitrogens is 1. The predicted molar refractivity (Wildman–Crippen MR) is 88.0 cm³/mol. The summed E-state index contributed by atoms with van der Waals surface area (Å²) in [5, 5.41) is 14.3. The fraction of sp³-hybridized carbons (Fsp3) is 0.0667. The summed E-state index contributed by atoms with van der Waals surface area (Å²) in [6, 6.07) is 10.4. The minimum atomic E-state index is -0.246. The van der Waals surface area contributed by atoms with E-state index in [9.17, 15) is 4.79 Å². The third-order valence-electron chi connectivity index (χ3n) is 2.61. The van der Waals surface area contributed by atoms with E-state index in [1.807, 2.05) is 12.4 Å². The summed E-state index contributed by atoms with van der Waals surface area (Å²) >= 11 is 1.31. The highest BCUT2D eigenvalue weighted by molar-refractivity contribution is 8.13. The molecule has 0 bridgehead atoms. The molecule has 1 aromatic carbocycles. The molecule has 0 saturated carbocycles. The molecule has 6 nitrogen and oxygen atoms in total. The van der Waals surface area contributed by atoms with Crippen molar-refractivity contribution in [3.05, 3.63) is 54.4 Å². The van der Waals surface area contributed by atoms with Gasteiger partial charge in [-0.25, -0.2) is 4.99 Å². The van der Waals surface area contributed by atoms with E-state index in [4.69, 9.17) is 5.26 Å². The third kappa shape index (κ3) is 4.33. The van der Waals surface area contributed by atoms with E-state index in [0.717, 1.165) is 0 Å². The van der Waals surface area contributed by atoms with Gasteiger partial charge < -0.3 is 5.32 Å². The number of carbonyl (C=O) groups is 1. The Labute approximate surface area is 132 Å². The molecule has 0 aliphatic heterocycles. The Hall–Kier alpha value is -2.85. The van der Waals surface area contributed by atoms with Crippen molar-refractivity contribution >= 4 is 34.2 Å². The summed E-state index contributed by atoms with van der Waals surface area (Å²) in [7, 11) is 0. The molecule has 0 spiro atoms. The van der Waals surface area contributed by atoms with Crippen molar-refractivity contribution in [3.63, 3.8) is 0 Å². The molecule has 110 valence electrons. The van der Waals surface area contributed by atoms with Crippen LogP contribution >= 0.6 is 11.8 Å². The number of anilines is 1. The average Bonchev–Trinajstić information content (AvgIpc) is 2.55. The Kier molecular flexibility index (Phi) is 5.51. The van der Waals surface area contributed by atoms with Gasteiger partial charge in [-0.1, -0.05) is 17.8 Å². The molecule has 0 fully saturated rings. The van der Waals surface area contributed by atoms with Gasteiger partial charge >= 0.3 is 0 Å². The van der Waals surface area contributed by atoms with Crippen molar-refractivity contribution in [3.8, 4) is 6.19 Å². The van der Waals surface area contributed by atoms with Crippen LogP contribution in [-0.4, -0.2) is 22.3 Å². The van der Waals surface area contributed by atoms with Crippen molar-refractivity contribution in [2.75, 3.05) is 11.6 Å². The molecule has 2 aromatic rings. The number of thioether (sulfide) groups is 1. The number of nitrogens with one attached hydrogen (secondary N) is 2. The average molecular weight is 311 g/mol. The standard InChI is InChI=1S/C15H13N5OS/c1-22-15(18-10-16)20-12-5-2-4-11(8-12)14(21)19-13-6-3-7-17-9-13/h2-9H,1H3,(H,18,20)(H,19,21). The van der Waals surface area contributed by atoms with Crippen LogP contribution in [0.25, 0.3) is 0 Å². The second-order valence-corrected chi connectivity index (χ2v) is 4.90. The highest BCUT2D eigenvalue weighted by Gasteiger charge is 2.07. The molecule has 22 heavy (non-hydrogen) atoms. The van der Waals surface area contributed by atoms with Crippen LogP contribution in [0.1, 0.15) is 10.4 Å². The van der Waals surface area contributed by atoms with Crippen LogP contribution in [0.2, 0.25) is 0 Å². The Morgan fingerprint density at radius 3 is 2.91 bits per heavy atom. The molecular weight excluding hydrogens is 298 g/mol. The zero-order chi connectivity index (χ0) is 15.8. The maximum Gasteiger partial charge on any atom is 0.255 e. The van der Waals surface area contributed by atoms with E-state index in [1.54, 1.807) is 48.8 Å². The molecule has 0 radical (unpaired) electrons. The van der Waals surface area contributed by atoms with Gasteiger partial charge in [0.1, 0.15) is 0 Å². The first-order valence-corrected chi connectivity index (χ1v) is 7.54. The largest absolute Gasteiger partial charge is 0.321 e. The van der Waals surface area contributed by atoms with Gasteiger partial charge in [-0.15, -0.1) is 0 Å². The van der Waals surface area contributed by atoms with E-state index < -0.39 is 0 Å². The van der Waals surface area contributed by atoms with E-state index in [0.29, 0.717) is 22.1 Å². The number of benzene rings is 1. The van der Waals surface area contributed by atoms with Crippen molar-refractivity contribution < 1.29 is 4.79 Å². The van der Waals surface area contributed by atoms with Gasteiger partial charge in [-0.2, -0.15) is 5.26 Å². The molecule has 0 aliphatic carbocycles. The topological polar surface area (TPSA) is 90.2 Å². The quantitative estimate of drug-likeness (QED) is 0.394. The van der Waals surface area contributed by atoms with Crippen molar-refractivity contribution in [2.45, 2.75) is 0 Å². The number of rotatable bonds is 3. The normalized spacial score (nSPS) is 10.6. The highest BCUT2D eigenvalue weighted by Crippen LogP contribution is 2.17. The number of hydrogen-bond acceptors (Lipinski definition) is 5. The van der Waals surface area contributed by atoms with Gasteiger partial charge in [0.05, 0.1) is 17.6 Å². The molecule has 2 N–H and O–H groups in total. The van der Waals surface area contributed by atoms with E-state index in [-0.39, 0.29) is 5.91 Å². The number of carbonyl (C=O) groups excluding carboxylic acids is 1. The number of nitriles is 1. The molecule has 0 aliphatic rings. The first-order valence-electron chi connectivity index (χ1n) is 6.32. The first kappa shape index (κ1) is 15.5. The lowest BCUT2D eigenvalue weighted by atomic mass is 10.2. The van der Waals surface area contributed by atoms with E-state index >= 15 is 0 Å². The summed E-state index contributed by atoms with van der Waals surface area (Å²) < 4.78 is 0. The molecule has 1 aromatic heterocycles. The summed E-state index contributed by atoms with van der Waals surface area (Å²) in [5.41, 5.74) is 1.69. The Bertz CT molecular complexity index is 724. The van der Waals surface area contributed by atoms with E-state index in [2.05, 4.69) is 20.6 Å². The van der Waals surface area contributed by atoms with Crippen molar-refractivity contribution in [2.24, 2.45) is 4.99 Å². The molecule has 1 heterocycles. The summed E-state index contributed by atoms with van der Waals surface area (Å²) in [5.74, 6) is -0.246. The molecule has 1 amide bonds. The lowest BCUT2D eigenvalue weighted by Gasteiger charge is -2.05. The Balaban J connectivity index is 2.18. The second kappa shape index (κ2) is 7.81. The zero-order valence-corrected chi connectivity index (χ0v) is 12.6. The van der Waals surface area contributed by atoms with Gasteiger partial charge in [-0.05, 0) is 36.6 Å². The van der Waals surface area contributed by atoms with Gasteiger partial charge in [-0.3, -0.25) is 15.1 Å². The fourth-order valence-electron chi connectivity index (χ4n) is 1.65. The maximum absolute atomic E-state index is 12.2. The van der Waals surface area contributed by atoms with Crippen molar-refractivity contribution in [1.82, 2.24) is 10.3 Å². The Morgan fingerprint density at radius 1 is 1.36 bits per heavy atom. The number of pyridine rings is 1. The van der Waals surface area contributed by atoms with Crippen LogP contribution in [0.4, 0.5) is 11.4 Å². The van der Waals surface area contributed by atoms with Crippen LogP contribution in [0.15, 0.2) is 53.8 Å². The third-order valence-corrected chi connectivity index (χ3v) is 3.19. The molecule has 0 atom stereocenters. The van der Waals surface area contributed by atoms with Gasteiger partial charge in [0.15, 0.2) is 11.4 Å². The van der Waals surface area contributed by atoms with Gasteiger partial charge in [0, 0.05) is 11.8 Å². The van der Waals surface area contributed by atoms with Crippen LogP contribution in [0.5, 0.6) is 0 Å². The number of amidine groups is 1. The first-order chi connectivity index (χ1) is 10.7. The van der Waals surface area contributed by atoms with Crippen LogP contribution < -0.4 is 10.6 Å². The lowest BCUT2D eigenvalue weighted by Crippen LogP contribution is -2.13. The summed E-state index contributed by atoms with van der Waals surface area (Å²) in [4.78, 5) is 20.4. The zero-order valence-electron chi connectivity index (χ0n) is 11.8. The highest BCUT2D eigenvalue weighted by atomic mass is 32.2. The predicted octanol–water partition coefficient (Wildman–Crippen LogP) is 2.76. The number of hydrogen-bond donors (Lipinski definition) is 2. The number of nitrogens with zero attached hydrogens (tertiary/aromatic N) is 3. The van der Waals surface area contributed by atoms with Crippen LogP contribution in [-0.2, 0) is 0 Å². The Morgan fingerprint density at radius 2 is 2.23 bits per heavy atom. The molecule has 2 rings (SSSR count). The minimum Gasteiger partial charge on any atom is -0.321 e. The molecule has 0 saturated heterocycles. The fourth-order valence-corrected chi connectivity index (χ4v) is 1.99. The van der Waals surface area contributed by atoms with Gasteiger partial charge in [0.25, 0.3) is 5.91 Å². The van der Waals surface area contributed by atoms with Crippen LogP contribution in [0.3, 0.4) is 0 Å². The SMILES string of the molecule is CSC(=Nc1cccc(C(=O)Nc2cccnc2)c1)NC#N. The number of amides is 1. The summed E-state index contributed by atoms with van der Waals surface area (Å²) in [6.45, 7) is 0. The monoisotopic (exact) mass is 311 g/mol. The minimum absolute atomic E-state index is 0.246. The lowest BCUT2D eigenvalue weighted by molar-refractivity contribution is 0.102. The molecule has 7 heteroatoms.